The van der Waals surface area contributed by atoms with Crippen molar-refractivity contribution in [2.45, 2.75) is 6.92 Å². The molecule has 150 valence electrons. The molecule has 0 saturated heterocycles. The zero-order valence-electron chi connectivity index (χ0n) is 16.2. The lowest BCUT2D eigenvalue weighted by Gasteiger charge is -2.07. The minimum atomic E-state index is -0.470. The van der Waals surface area contributed by atoms with E-state index in [-0.39, 0.29) is 18.1 Å². The molecule has 0 saturated carbocycles. The minimum absolute atomic E-state index is 0.158. The third-order valence-corrected chi connectivity index (χ3v) is 4.36. The summed E-state index contributed by atoms with van der Waals surface area (Å²) in [6.45, 7) is 1.47. The first-order valence-corrected chi connectivity index (χ1v) is 9.31. The van der Waals surface area contributed by atoms with Crippen molar-refractivity contribution < 1.29 is 14.0 Å². The molecule has 0 atom stereocenters. The van der Waals surface area contributed by atoms with E-state index in [9.17, 15) is 9.59 Å². The first-order chi connectivity index (χ1) is 14.6. The smallest absolute Gasteiger partial charge is 0.273 e. The number of anilines is 1. The molecule has 0 radical (unpaired) electrons. The summed E-state index contributed by atoms with van der Waals surface area (Å²) >= 11 is 0. The van der Waals surface area contributed by atoms with Crippen LogP contribution in [0, 0.1) is 6.92 Å². The molecule has 0 aliphatic rings. The van der Waals surface area contributed by atoms with Gasteiger partial charge in [0.2, 0.25) is 11.8 Å². The molecule has 0 bridgehead atoms. The summed E-state index contributed by atoms with van der Waals surface area (Å²) in [6.07, 6.45) is 3.52. The molecule has 2 amide bonds. The molecule has 2 aromatic carbocycles. The Balaban J connectivity index is 1.34. The van der Waals surface area contributed by atoms with Crippen molar-refractivity contribution in [3.63, 3.8) is 0 Å². The summed E-state index contributed by atoms with van der Waals surface area (Å²) < 4.78 is 7.30. The lowest BCUT2D eigenvalue weighted by Crippen LogP contribution is -2.33. The number of hydrogen-bond donors (Lipinski definition) is 2. The highest BCUT2D eigenvalue weighted by molar-refractivity contribution is 5.99. The molecule has 30 heavy (non-hydrogen) atoms. The van der Waals surface area contributed by atoms with Crippen molar-refractivity contribution in [3.8, 4) is 17.1 Å². The molecule has 0 aliphatic carbocycles. The molecule has 0 spiro atoms. The van der Waals surface area contributed by atoms with E-state index in [4.69, 9.17) is 4.42 Å². The standard InChI is InChI=1S/C22H19N5O3/c1-15-20(26-22(30-15)16-6-3-2-4-7-16)21(29)23-14-19(28)25-17-8-10-18(11-9-17)27-13-5-12-24-27/h2-13H,14H2,1H3,(H,23,29)(H,25,28). The fraction of sp³-hybridized carbons (Fsp3) is 0.0909. The fourth-order valence-electron chi connectivity index (χ4n) is 2.88. The maximum absolute atomic E-state index is 12.4. The van der Waals surface area contributed by atoms with Gasteiger partial charge in [-0.25, -0.2) is 9.67 Å². The number of rotatable bonds is 6. The second-order valence-corrected chi connectivity index (χ2v) is 6.52. The van der Waals surface area contributed by atoms with Crippen LogP contribution in [0.3, 0.4) is 0 Å². The van der Waals surface area contributed by atoms with E-state index >= 15 is 0 Å². The van der Waals surface area contributed by atoms with Crippen molar-refractivity contribution in [1.29, 1.82) is 0 Å². The van der Waals surface area contributed by atoms with Gasteiger partial charge in [0.25, 0.3) is 5.91 Å². The summed E-state index contributed by atoms with van der Waals surface area (Å²) in [4.78, 5) is 28.9. The molecule has 4 aromatic rings. The van der Waals surface area contributed by atoms with Crippen LogP contribution in [0.4, 0.5) is 5.69 Å². The van der Waals surface area contributed by atoms with Crippen LogP contribution in [0.15, 0.2) is 77.5 Å². The van der Waals surface area contributed by atoms with E-state index in [1.165, 1.54) is 0 Å². The highest BCUT2D eigenvalue weighted by atomic mass is 16.4. The van der Waals surface area contributed by atoms with Gasteiger partial charge >= 0.3 is 0 Å². The Morgan fingerprint density at radius 2 is 1.80 bits per heavy atom. The predicted octanol–water partition coefficient (Wildman–Crippen LogP) is 3.20. The zero-order valence-corrected chi connectivity index (χ0v) is 16.2. The molecule has 0 unspecified atom stereocenters. The summed E-state index contributed by atoms with van der Waals surface area (Å²) in [6, 6.07) is 18.3. The van der Waals surface area contributed by atoms with Gasteiger partial charge in [-0.2, -0.15) is 5.10 Å². The third-order valence-electron chi connectivity index (χ3n) is 4.36. The number of amides is 2. The van der Waals surface area contributed by atoms with Crippen LogP contribution in [0.5, 0.6) is 0 Å². The fourth-order valence-corrected chi connectivity index (χ4v) is 2.88. The average molecular weight is 401 g/mol. The molecule has 8 heteroatoms. The highest BCUT2D eigenvalue weighted by Crippen LogP contribution is 2.21. The van der Waals surface area contributed by atoms with Gasteiger partial charge in [-0.1, -0.05) is 18.2 Å². The Labute approximate surface area is 172 Å². The van der Waals surface area contributed by atoms with Crippen molar-refractivity contribution in [2.24, 2.45) is 0 Å². The molecule has 8 nitrogen and oxygen atoms in total. The average Bonchev–Trinajstić information content (AvgIpc) is 3.43. The maximum Gasteiger partial charge on any atom is 0.273 e. The molecular weight excluding hydrogens is 382 g/mol. The largest absolute Gasteiger partial charge is 0.441 e. The van der Waals surface area contributed by atoms with E-state index in [1.54, 1.807) is 29.9 Å². The quantitative estimate of drug-likeness (QED) is 0.517. The number of benzene rings is 2. The number of carbonyl (C=O) groups is 2. The van der Waals surface area contributed by atoms with Gasteiger partial charge < -0.3 is 15.1 Å². The van der Waals surface area contributed by atoms with Crippen molar-refractivity contribution >= 4 is 17.5 Å². The van der Waals surface area contributed by atoms with Crippen LogP contribution in [0.1, 0.15) is 16.2 Å². The van der Waals surface area contributed by atoms with Gasteiger partial charge in [0.05, 0.1) is 12.2 Å². The molecule has 0 fully saturated rings. The molecule has 0 aliphatic heterocycles. The number of carbonyl (C=O) groups excluding carboxylic acids is 2. The van der Waals surface area contributed by atoms with Crippen LogP contribution in [-0.2, 0) is 4.79 Å². The van der Waals surface area contributed by atoms with E-state index in [2.05, 4.69) is 20.7 Å². The summed E-state index contributed by atoms with van der Waals surface area (Å²) in [5, 5.41) is 9.46. The maximum atomic E-state index is 12.4. The number of oxazole rings is 1. The van der Waals surface area contributed by atoms with Crippen LogP contribution in [0.25, 0.3) is 17.1 Å². The monoisotopic (exact) mass is 401 g/mol. The van der Waals surface area contributed by atoms with E-state index in [1.807, 2.05) is 54.7 Å². The molecular formula is C22H19N5O3. The number of aryl methyl sites for hydroxylation is 1. The number of nitrogens with one attached hydrogen (secondary N) is 2. The summed E-state index contributed by atoms with van der Waals surface area (Å²) in [7, 11) is 0. The van der Waals surface area contributed by atoms with Gasteiger partial charge in [-0.3, -0.25) is 9.59 Å². The van der Waals surface area contributed by atoms with Gasteiger partial charge in [0, 0.05) is 23.6 Å². The summed E-state index contributed by atoms with van der Waals surface area (Å²) in [5.41, 5.74) is 2.43. The second-order valence-electron chi connectivity index (χ2n) is 6.52. The SMILES string of the molecule is Cc1oc(-c2ccccc2)nc1C(=O)NCC(=O)Nc1ccc(-n2cccn2)cc1. The van der Waals surface area contributed by atoms with Crippen molar-refractivity contribution in [1.82, 2.24) is 20.1 Å². The van der Waals surface area contributed by atoms with E-state index in [0.29, 0.717) is 17.3 Å². The van der Waals surface area contributed by atoms with Crippen LogP contribution >= 0.6 is 0 Å². The first-order valence-electron chi connectivity index (χ1n) is 9.31. The third kappa shape index (κ3) is 4.27. The Bertz CT molecular complexity index is 1150. The number of hydrogen-bond acceptors (Lipinski definition) is 5. The van der Waals surface area contributed by atoms with Crippen LogP contribution in [-0.4, -0.2) is 33.1 Å². The van der Waals surface area contributed by atoms with Crippen LogP contribution in [0.2, 0.25) is 0 Å². The van der Waals surface area contributed by atoms with Crippen molar-refractivity contribution in [2.75, 3.05) is 11.9 Å². The summed E-state index contributed by atoms with van der Waals surface area (Å²) in [5.74, 6) is -0.0665. The topological polar surface area (TPSA) is 102 Å². The number of aromatic nitrogens is 3. The van der Waals surface area contributed by atoms with Gasteiger partial charge in [0.15, 0.2) is 5.69 Å². The molecule has 4 rings (SSSR count). The predicted molar refractivity (Wildman–Crippen MR) is 111 cm³/mol. The lowest BCUT2D eigenvalue weighted by atomic mass is 10.2. The second kappa shape index (κ2) is 8.44. The van der Waals surface area contributed by atoms with Gasteiger partial charge in [-0.15, -0.1) is 0 Å². The normalized spacial score (nSPS) is 10.6. The Morgan fingerprint density at radius 1 is 1.03 bits per heavy atom. The lowest BCUT2D eigenvalue weighted by molar-refractivity contribution is -0.115. The first kappa shape index (κ1) is 19.1. The highest BCUT2D eigenvalue weighted by Gasteiger charge is 2.18. The molecule has 2 aromatic heterocycles. The number of nitrogens with zero attached hydrogens (tertiary/aromatic N) is 3. The van der Waals surface area contributed by atoms with Crippen LogP contribution < -0.4 is 10.6 Å². The van der Waals surface area contributed by atoms with Gasteiger partial charge in [0.1, 0.15) is 5.76 Å². The van der Waals surface area contributed by atoms with Gasteiger partial charge in [-0.05, 0) is 49.4 Å². The molecule has 2 heterocycles. The zero-order chi connectivity index (χ0) is 20.9. The van der Waals surface area contributed by atoms with E-state index < -0.39 is 5.91 Å². The Hall–Kier alpha value is -4.20. The molecule has 2 N–H and O–H groups in total. The Kier molecular flexibility index (Phi) is 5.38. The van der Waals surface area contributed by atoms with Crippen molar-refractivity contribution in [3.05, 3.63) is 84.5 Å². The minimum Gasteiger partial charge on any atom is -0.441 e. The Morgan fingerprint density at radius 3 is 2.50 bits per heavy atom. The van der Waals surface area contributed by atoms with E-state index in [0.717, 1.165) is 11.3 Å².